The van der Waals surface area contributed by atoms with Gasteiger partial charge in [-0.05, 0) is 43.7 Å². The van der Waals surface area contributed by atoms with Crippen LogP contribution in [0.3, 0.4) is 0 Å². The van der Waals surface area contributed by atoms with Crippen molar-refractivity contribution in [3.05, 3.63) is 0 Å². The predicted molar refractivity (Wildman–Crippen MR) is 89.0 cm³/mol. The summed E-state index contributed by atoms with van der Waals surface area (Å²) in [5, 5.41) is 3.69. The molecule has 0 aromatic heterocycles. The summed E-state index contributed by atoms with van der Waals surface area (Å²) in [5.41, 5.74) is 0. The third-order valence-corrected chi connectivity index (χ3v) is 5.87. The van der Waals surface area contributed by atoms with Gasteiger partial charge in [-0.25, -0.2) is 0 Å². The second-order valence-corrected chi connectivity index (χ2v) is 7.35. The van der Waals surface area contributed by atoms with Gasteiger partial charge in [-0.1, -0.05) is 77.6 Å². The molecule has 0 aliphatic heterocycles. The van der Waals surface area contributed by atoms with Gasteiger partial charge in [0.1, 0.15) is 0 Å². The predicted octanol–water partition coefficient (Wildman–Crippen LogP) is 5.54. The molecule has 0 unspecified atom stereocenters. The maximum absolute atomic E-state index is 3.69. The lowest BCUT2D eigenvalue weighted by Gasteiger charge is -2.38. The molecule has 2 rings (SSSR count). The molecule has 0 atom stereocenters. The second kappa shape index (κ2) is 9.82. The summed E-state index contributed by atoms with van der Waals surface area (Å²) in [7, 11) is 0. The highest BCUT2D eigenvalue weighted by molar-refractivity contribution is 4.82. The van der Waals surface area contributed by atoms with E-state index in [0.29, 0.717) is 0 Å². The first-order valence-electron chi connectivity index (χ1n) is 9.62. The van der Waals surface area contributed by atoms with E-state index in [4.69, 9.17) is 0 Å². The van der Waals surface area contributed by atoms with Crippen LogP contribution < -0.4 is 5.32 Å². The van der Waals surface area contributed by atoms with Gasteiger partial charge >= 0.3 is 0 Å². The van der Waals surface area contributed by atoms with Crippen LogP contribution >= 0.6 is 0 Å². The van der Waals surface area contributed by atoms with E-state index in [1.807, 2.05) is 0 Å². The molecule has 0 heterocycles. The van der Waals surface area contributed by atoms with Gasteiger partial charge in [-0.2, -0.15) is 0 Å². The van der Waals surface area contributed by atoms with Gasteiger partial charge in [-0.15, -0.1) is 0 Å². The molecule has 0 aromatic rings. The number of rotatable bonds is 8. The molecule has 118 valence electrons. The summed E-state index contributed by atoms with van der Waals surface area (Å²) in [4.78, 5) is 0. The fourth-order valence-electron chi connectivity index (χ4n) is 4.68. The molecule has 0 bridgehead atoms. The molecule has 0 saturated heterocycles. The molecular formula is C19H37N. The SMILES string of the molecule is CCCCNCCC(C1CCCCC1)C1CCCCC1. The molecule has 2 aliphatic rings. The summed E-state index contributed by atoms with van der Waals surface area (Å²) in [6, 6.07) is 0. The smallest absolute Gasteiger partial charge is 0.00461 e. The highest BCUT2D eigenvalue weighted by Gasteiger charge is 2.30. The Kier molecular flexibility index (Phi) is 8.02. The van der Waals surface area contributed by atoms with Gasteiger partial charge in [0, 0.05) is 0 Å². The molecule has 0 spiro atoms. The van der Waals surface area contributed by atoms with E-state index in [1.54, 1.807) is 0 Å². The normalized spacial score (nSPS) is 22.5. The van der Waals surface area contributed by atoms with Gasteiger partial charge in [0.25, 0.3) is 0 Å². The standard InChI is InChI=1S/C19H37N/c1-2-3-15-20-16-14-19(17-10-6-4-7-11-17)18-12-8-5-9-13-18/h17-20H,2-16H2,1H3. The molecule has 1 heteroatoms. The largest absolute Gasteiger partial charge is 0.317 e. The van der Waals surface area contributed by atoms with Crippen LogP contribution in [0.2, 0.25) is 0 Å². The molecule has 0 radical (unpaired) electrons. The van der Waals surface area contributed by atoms with Crippen molar-refractivity contribution in [3.8, 4) is 0 Å². The minimum atomic E-state index is 1.05. The van der Waals surface area contributed by atoms with Gasteiger partial charge in [0.05, 0.1) is 0 Å². The van der Waals surface area contributed by atoms with E-state index in [1.165, 1.54) is 96.6 Å². The Balaban J connectivity index is 1.78. The Bertz CT molecular complexity index is 208. The molecular weight excluding hydrogens is 242 g/mol. The number of hydrogen-bond acceptors (Lipinski definition) is 1. The average molecular weight is 280 g/mol. The van der Waals surface area contributed by atoms with Gasteiger partial charge < -0.3 is 5.32 Å². The van der Waals surface area contributed by atoms with Crippen molar-refractivity contribution in [2.45, 2.75) is 90.4 Å². The summed E-state index contributed by atoms with van der Waals surface area (Å²) in [6.45, 7) is 4.80. The molecule has 1 N–H and O–H groups in total. The average Bonchev–Trinajstić information content (AvgIpc) is 2.53. The van der Waals surface area contributed by atoms with Crippen LogP contribution in [0, 0.1) is 17.8 Å². The first-order chi connectivity index (χ1) is 9.92. The first-order valence-corrected chi connectivity index (χ1v) is 9.62. The first kappa shape index (κ1) is 16.3. The zero-order valence-corrected chi connectivity index (χ0v) is 13.8. The topological polar surface area (TPSA) is 12.0 Å². The number of unbranched alkanes of at least 4 members (excludes halogenated alkanes) is 1. The van der Waals surface area contributed by atoms with E-state index >= 15 is 0 Å². The van der Waals surface area contributed by atoms with Crippen LogP contribution in [0.15, 0.2) is 0 Å². The second-order valence-electron chi connectivity index (χ2n) is 7.35. The van der Waals surface area contributed by atoms with Crippen LogP contribution in [-0.2, 0) is 0 Å². The van der Waals surface area contributed by atoms with E-state index in [2.05, 4.69) is 12.2 Å². The van der Waals surface area contributed by atoms with Crippen LogP contribution in [0.25, 0.3) is 0 Å². The lowest BCUT2D eigenvalue weighted by molar-refractivity contribution is 0.134. The van der Waals surface area contributed by atoms with Crippen molar-refractivity contribution in [1.29, 1.82) is 0 Å². The molecule has 2 fully saturated rings. The summed E-state index contributed by atoms with van der Waals surface area (Å²) < 4.78 is 0. The highest BCUT2D eigenvalue weighted by Crippen LogP contribution is 2.41. The van der Waals surface area contributed by atoms with Crippen LogP contribution in [0.5, 0.6) is 0 Å². The monoisotopic (exact) mass is 279 g/mol. The summed E-state index contributed by atoms with van der Waals surface area (Å²) in [6.07, 6.45) is 19.3. The van der Waals surface area contributed by atoms with Crippen LogP contribution in [0.1, 0.15) is 90.4 Å². The Labute approximate surface area is 127 Å². The van der Waals surface area contributed by atoms with E-state index < -0.39 is 0 Å². The number of nitrogens with one attached hydrogen (secondary N) is 1. The van der Waals surface area contributed by atoms with E-state index in [0.717, 1.165) is 17.8 Å². The van der Waals surface area contributed by atoms with Gasteiger partial charge in [-0.3, -0.25) is 0 Å². The zero-order valence-electron chi connectivity index (χ0n) is 13.8. The van der Waals surface area contributed by atoms with E-state index in [9.17, 15) is 0 Å². The van der Waals surface area contributed by atoms with Crippen molar-refractivity contribution >= 4 is 0 Å². The fourth-order valence-corrected chi connectivity index (χ4v) is 4.68. The van der Waals surface area contributed by atoms with Crippen molar-refractivity contribution < 1.29 is 0 Å². The lowest BCUT2D eigenvalue weighted by atomic mass is 9.68. The van der Waals surface area contributed by atoms with Crippen LogP contribution in [0.4, 0.5) is 0 Å². The highest BCUT2D eigenvalue weighted by atomic mass is 14.8. The van der Waals surface area contributed by atoms with Crippen molar-refractivity contribution in [2.24, 2.45) is 17.8 Å². The van der Waals surface area contributed by atoms with Gasteiger partial charge in [0.15, 0.2) is 0 Å². The molecule has 2 saturated carbocycles. The zero-order chi connectivity index (χ0) is 14.0. The molecule has 1 nitrogen and oxygen atoms in total. The van der Waals surface area contributed by atoms with Crippen molar-refractivity contribution in [3.63, 3.8) is 0 Å². The minimum Gasteiger partial charge on any atom is -0.317 e. The summed E-state index contributed by atoms with van der Waals surface area (Å²) in [5.74, 6) is 3.18. The Morgan fingerprint density at radius 1 is 0.800 bits per heavy atom. The Morgan fingerprint density at radius 3 is 1.85 bits per heavy atom. The quantitative estimate of drug-likeness (QED) is 0.575. The fraction of sp³-hybridized carbons (Fsp3) is 1.00. The van der Waals surface area contributed by atoms with E-state index in [-0.39, 0.29) is 0 Å². The summed E-state index contributed by atoms with van der Waals surface area (Å²) >= 11 is 0. The minimum absolute atomic E-state index is 1.05. The maximum atomic E-state index is 3.69. The van der Waals surface area contributed by atoms with Crippen molar-refractivity contribution in [2.75, 3.05) is 13.1 Å². The van der Waals surface area contributed by atoms with Crippen LogP contribution in [-0.4, -0.2) is 13.1 Å². The molecule has 20 heavy (non-hydrogen) atoms. The third-order valence-electron chi connectivity index (χ3n) is 5.87. The molecule has 0 aromatic carbocycles. The third kappa shape index (κ3) is 5.39. The maximum Gasteiger partial charge on any atom is -0.00461 e. The molecule has 2 aliphatic carbocycles. The molecule has 0 amide bonds. The lowest BCUT2D eigenvalue weighted by Crippen LogP contribution is -2.30. The van der Waals surface area contributed by atoms with Gasteiger partial charge in [0.2, 0.25) is 0 Å². The number of hydrogen-bond donors (Lipinski definition) is 1. The Morgan fingerprint density at radius 2 is 1.35 bits per heavy atom. The van der Waals surface area contributed by atoms with Crippen molar-refractivity contribution in [1.82, 2.24) is 5.32 Å². The Hall–Kier alpha value is -0.0400.